The van der Waals surface area contributed by atoms with Gasteiger partial charge in [0, 0.05) is 6.61 Å². The Balaban J connectivity index is 2.05. The van der Waals surface area contributed by atoms with Crippen molar-refractivity contribution in [2.24, 2.45) is 5.73 Å². The molecule has 0 unspecified atom stereocenters. The van der Waals surface area contributed by atoms with Gasteiger partial charge >= 0.3 is 0 Å². The molecular weight excluding hydrogens is 280 g/mol. The van der Waals surface area contributed by atoms with Gasteiger partial charge in [0.05, 0.1) is 22.1 Å². The molecule has 1 heterocycles. The monoisotopic (exact) mass is 302 g/mol. The van der Waals surface area contributed by atoms with E-state index in [1.54, 1.807) is 11.3 Å². The molecule has 2 aromatic rings. The summed E-state index contributed by atoms with van der Waals surface area (Å²) in [6, 6.07) is 8.18. The molecule has 1 aromatic carbocycles. The normalized spacial score (nSPS) is 12.3. The molecule has 0 amide bonds. The van der Waals surface area contributed by atoms with Crippen LogP contribution in [0.1, 0.15) is 36.6 Å². The second kappa shape index (κ2) is 7.50. The van der Waals surface area contributed by atoms with Crippen molar-refractivity contribution in [2.75, 3.05) is 6.61 Å². The summed E-state index contributed by atoms with van der Waals surface area (Å²) in [7, 11) is 0. The van der Waals surface area contributed by atoms with Gasteiger partial charge in [-0.05, 0) is 37.3 Å². The minimum absolute atomic E-state index is 0.139. The lowest BCUT2D eigenvalue weighted by Crippen LogP contribution is -2.12. The zero-order chi connectivity index (χ0) is 15.2. The summed E-state index contributed by atoms with van der Waals surface area (Å²) in [4.78, 5) is 5.49. The topological polar surface area (TPSA) is 59.1 Å². The lowest BCUT2D eigenvalue weighted by atomic mass is 9.96. The van der Waals surface area contributed by atoms with Crippen molar-refractivity contribution in [3.63, 3.8) is 0 Å². The van der Waals surface area contributed by atoms with E-state index in [2.05, 4.69) is 35.8 Å². The molecule has 2 rings (SSSR count). The van der Waals surface area contributed by atoms with Gasteiger partial charge in [0.15, 0.2) is 0 Å². The molecule has 0 spiro atoms. The molecule has 1 aromatic heterocycles. The number of hydrogen-bond donors (Lipinski definition) is 2. The van der Waals surface area contributed by atoms with Crippen LogP contribution in [0, 0.1) is 6.92 Å². The average molecular weight is 302 g/mol. The molecule has 0 bridgehead atoms. The van der Waals surface area contributed by atoms with Gasteiger partial charge in [-0.2, -0.15) is 0 Å². The Bertz CT molecular complexity index is 589. The largest absolute Gasteiger partial charge is 0.396 e. The molecule has 21 heavy (non-hydrogen) atoms. The molecule has 112 valence electrons. The number of rotatable bonds is 7. The number of aromatic nitrogens is 1. The first-order valence-corrected chi connectivity index (χ1v) is 8.06. The maximum atomic E-state index is 8.81. The maximum Gasteiger partial charge on any atom is 0.0801 e. The number of hydrogen-bond acceptors (Lipinski definition) is 4. The molecule has 3 N–H and O–H groups in total. The van der Waals surface area contributed by atoms with Gasteiger partial charge in [-0.25, -0.2) is 4.98 Å². The Morgan fingerprint density at radius 3 is 2.62 bits per heavy atom. The van der Waals surface area contributed by atoms with Crippen LogP contribution in [0.25, 0.3) is 10.4 Å². The lowest BCUT2D eigenvalue weighted by molar-refractivity contribution is 0.284. The third kappa shape index (κ3) is 4.00. The van der Waals surface area contributed by atoms with Crippen LogP contribution < -0.4 is 5.73 Å². The number of nitrogens with two attached hydrogens (primary N) is 1. The van der Waals surface area contributed by atoms with Crippen LogP contribution in [-0.4, -0.2) is 16.7 Å². The summed E-state index contributed by atoms with van der Waals surface area (Å²) in [6.07, 6.45) is 2.59. The van der Waals surface area contributed by atoms with Gasteiger partial charge in [-0.15, -0.1) is 11.3 Å². The fourth-order valence-corrected chi connectivity index (χ4v) is 3.09. The second-order valence-electron chi connectivity index (χ2n) is 5.21. The average Bonchev–Trinajstić information content (AvgIpc) is 2.93. The smallest absolute Gasteiger partial charge is 0.0801 e. The van der Waals surface area contributed by atoms with Crippen LogP contribution in [0.15, 0.2) is 41.9 Å². The van der Waals surface area contributed by atoms with Gasteiger partial charge in [0.25, 0.3) is 0 Å². The van der Waals surface area contributed by atoms with Gasteiger partial charge in [0.2, 0.25) is 0 Å². The highest BCUT2D eigenvalue weighted by molar-refractivity contribution is 7.13. The summed E-state index contributed by atoms with van der Waals surface area (Å²) in [6.45, 7) is 6.32. The van der Waals surface area contributed by atoms with Gasteiger partial charge in [-0.1, -0.05) is 36.4 Å². The summed E-state index contributed by atoms with van der Waals surface area (Å²) in [5.74, 6) is 0. The quantitative estimate of drug-likeness (QED) is 0.603. The number of benzene rings is 1. The van der Waals surface area contributed by atoms with Crippen molar-refractivity contribution in [3.05, 3.63) is 53.2 Å². The number of aryl methyl sites for hydroxylation is 1. The molecule has 0 aliphatic rings. The van der Waals surface area contributed by atoms with Crippen LogP contribution in [0.2, 0.25) is 0 Å². The standard InChI is InChI=1S/C17H22N2OS/c1-12(5-3-4-10-20)16(18)14-6-8-15(9-7-14)17-13(2)19-11-21-17/h6-9,11,16,20H,1,3-5,10,18H2,2H3/t16-/m0/s1. The van der Waals surface area contributed by atoms with E-state index in [0.717, 1.165) is 36.1 Å². The molecular formula is C17H22N2OS. The van der Waals surface area contributed by atoms with Crippen molar-refractivity contribution in [3.8, 4) is 10.4 Å². The van der Waals surface area contributed by atoms with Crippen molar-refractivity contribution < 1.29 is 5.11 Å². The number of aliphatic hydroxyl groups excluding tert-OH is 1. The fraction of sp³-hybridized carbons (Fsp3) is 0.353. The SMILES string of the molecule is C=C(CCCCO)[C@H](N)c1ccc(-c2scnc2C)cc1. The van der Waals surface area contributed by atoms with E-state index < -0.39 is 0 Å². The van der Waals surface area contributed by atoms with E-state index in [-0.39, 0.29) is 12.6 Å². The highest BCUT2D eigenvalue weighted by Crippen LogP contribution is 2.29. The maximum absolute atomic E-state index is 8.81. The van der Waals surface area contributed by atoms with E-state index in [1.165, 1.54) is 10.4 Å². The first-order chi connectivity index (χ1) is 10.1. The molecule has 0 fully saturated rings. The molecule has 1 atom stereocenters. The Morgan fingerprint density at radius 1 is 1.33 bits per heavy atom. The summed E-state index contributed by atoms with van der Waals surface area (Å²) in [5, 5.41) is 8.81. The van der Waals surface area contributed by atoms with Crippen LogP contribution in [-0.2, 0) is 0 Å². The first-order valence-electron chi connectivity index (χ1n) is 7.18. The van der Waals surface area contributed by atoms with Gasteiger partial charge in [-0.3, -0.25) is 0 Å². The van der Waals surface area contributed by atoms with E-state index in [1.807, 2.05) is 12.4 Å². The minimum Gasteiger partial charge on any atom is -0.396 e. The zero-order valence-corrected chi connectivity index (χ0v) is 13.2. The van der Waals surface area contributed by atoms with Crippen LogP contribution in [0.3, 0.4) is 0 Å². The highest BCUT2D eigenvalue weighted by atomic mass is 32.1. The third-order valence-electron chi connectivity index (χ3n) is 3.62. The molecule has 0 saturated carbocycles. The number of nitrogens with zero attached hydrogens (tertiary/aromatic N) is 1. The second-order valence-corrected chi connectivity index (χ2v) is 6.06. The molecule has 0 aliphatic heterocycles. The van der Waals surface area contributed by atoms with E-state index in [0.29, 0.717) is 0 Å². The molecule has 4 heteroatoms. The molecule has 0 aliphatic carbocycles. The van der Waals surface area contributed by atoms with Gasteiger partial charge < -0.3 is 10.8 Å². The number of thiazole rings is 1. The molecule has 0 radical (unpaired) electrons. The Labute approximate surface area is 130 Å². The predicted molar refractivity (Wildman–Crippen MR) is 89.3 cm³/mol. The Morgan fingerprint density at radius 2 is 2.05 bits per heavy atom. The predicted octanol–water partition coefficient (Wildman–Crippen LogP) is 3.84. The van der Waals surface area contributed by atoms with Crippen molar-refractivity contribution >= 4 is 11.3 Å². The molecule has 3 nitrogen and oxygen atoms in total. The van der Waals surface area contributed by atoms with Crippen molar-refractivity contribution in [2.45, 2.75) is 32.2 Å². The van der Waals surface area contributed by atoms with Crippen LogP contribution >= 0.6 is 11.3 Å². The fourth-order valence-electron chi connectivity index (χ4n) is 2.28. The van der Waals surface area contributed by atoms with Gasteiger partial charge in [0.1, 0.15) is 0 Å². The minimum atomic E-state index is -0.139. The summed E-state index contributed by atoms with van der Waals surface area (Å²) in [5.41, 5.74) is 12.5. The van der Waals surface area contributed by atoms with E-state index in [9.17, 15) is 0 Å². The lowest BCUT2D eigenvalue weighted by Gasteiger charge is -2.15. The number of unbranched alkanes of at least 4 members (excludes halogenated alkanes) is 1. The summed E-state index contributed by atoms with van der Waals surface area (Å²) < 4.78 is 0. The van der Waals surface area contributed by atoms with Crippen LogP contribution in [0.5, 0.6) is 0 Å². The first kappa shape index (κ1) is 15.9. The number of aliphatic hydroxyl groups is 1. The Hall–Kier alpha value is -1.49. The Kier molecular flexibility index (Phi) is 5.67. The zero-order valence-electron chi connectivity index (χ0n) is 12.4. The van der Waals surface area contributed by atoms with Crippen molar-refractivity contribution in [1.82, 2.24) is 4.98 Å². The third-order valence-corrected chi connectivity index (χ3v) is 4.60. The van der Waals surface area contributed by atoms with E-state index in [4.69, 9.17) is 10.8 Å². The van der Waals surface area contributed by atoms with E-state index >= 15 is 0 Å². The summed E-state index contributed by atoms with van der Waals surface area (Å²) >= 11 is 1.65. The van der Waals surface area contributed by atoms with Crippen molar-refractivity contribution in [1.29, 1.82) is 0 Å². The molecule has 0 saturated heterocycles. The highest BCUT2D eigenvalue weighted by Gasteiger charge is 2.11. The van der Waals surface area contributed by atoms with Crippen LogP contribution in [0.4, 0.5) is 0 Å².